The molecule has 0 bridgehead atoms. The average molecular weight is 1420 g/mol. The van der Waals surface area contributed by atoms with Crippen LogP contribution >= 0.6 is 0 Å². The van der Waals surface area contributed by atoms with Crippen molar-refractivity contribution in [3.63, 3.8) is 0 Å². The fourth-order valence-corrected chi connectivity index (χ4v) is 18.4. The Morgan fingerprint density at radius 1 is 0.261 bits per heavy atom. The Bertz CT molecular complexity index is 6730. The van der Waals surface area contributed by atoms with Crippen molar-refractivity contribution in [2.75, 3.05) is 9.80 Å². The molecule has 0 radical (unpaired) electrons. The van der Waals surface area contributed by atoms with Crippen molar-refractivity contribution in [1.29, 1.82) is 0 Å². The lowest BCUT2D eigenvalue weighted by molar-refractivity contribution is 0.590. The largest absolute Gasteiger partial charge is 0.455 e. The van der Waals surface area contributed by atoms with Crippen molar-refractivity contribution < 1.29 is 4.42 Å². The SMILES string of the molecule is CC(C)(C)c1cc(-c2ccccc2)c(N2c3ccc(-c4cccc5c4oc4ccccc45)cc3B3c4ccc(-c5c6ccccc6c(-c6ccccc6)c6ccccc56)cc4N(c4c(-c5ccccc5)cc(C(C)(C)C)cc4-c4ccccc4)c4cc(-n5c6ccccc6c6ccccc65)cc2c43)c(-c2ccccc2)c1. The summed E-state index contributed by atoms with van der Waals surface area (Å²) in [5, 5.41) is 9.40. The molecule has 0 spiro atoms. The lowest BCUT2D eigenvalue weighted by atomic mass is 9.33. The maximum atomic E-state index is 7.06. The van der Waals surface area contributed by atoms with Gasteiger partial charge in [0.2, 0.25) is 0 Å². The molecule has 4 nitrogen and oxygen atoms in total. The van der Waals surface area contributed by atoms with Crippen molar-refractivity contribution in [2.45, 2.75) is 52.4 Å². The van der Waals surface area contributed by atoms with E-state index in [0.717, 1.165) is 134 Å². The first-order valence-electron chi connectivity index (χ1n) is 38.9. The molecule has 0 amide bonds. The normalized spacial score (nSPS) is 12.7. The van der Waals surface area contributed by atoms with E-state index in [1.54, 1.807) is 0 Å². The Morgan fingerprint density at radius 3 is 1.12 bits per heavy atom. The molecule has 5 heteroatoms. The number of nitrogens with zero attached hydrogens (tertiary/aromatic N) is 3. The molecule has 4 heterocycles. The average Bonchev–Trinajstić information content (AvgIpc) is 0.838. The van der Waals surface area contributed by atoms with Crippen LogP contribution in [0.1, 0.15) is 52.7 Å². The second-order valence-corrected chi connectivity index (χ2v) is 32.2. The molecule has 2 aromatic heterocycles. The maximum Gasteiger partial charge on any atom is 0.252 e. The quantitative estimate of drug-likeness (QED) is 0.101. The summed E-state index contributed by atoms with van der Waals surface area (Å²) in [6, 6.07) is 137. The van der Waals surface area contributed by atoms with E-state index < -0.39 is 0 Å². The molecule has 111 heavy (non-hydrogen) atoms. The van der Waals surface area contributed by atoms with Crippen molar-refractivity contribution in [2.24, 2.45) is 0 Å². The van der Waals surface area contributed by atoms with E-state index >= 15 is 0 Å². The fraction of sp³-hybridized carbons (Fsp3) is 0.0755. The standard InChI is InChI=1S/C106H78BN3O/c1-105(2,3)74-61-86(67-33-12-7-13-34-67)102(87(62-74)68-35-14-8-15-36-68)109-94-58-56-72(77-50-32-51-85-80-45-28-31-54-98(80)111-104(77)85)59-91(94)107-90-57-55-73(100-83-48-24-22-46-81(83)99(71-41-20-11-21-42-71)82-47-23-25-49-84(82)100)60-95(90)110(97-66-76(65-96(109)101(97)107)108-92-52-29-26-43-78(92)79-44-27-30-53-93(79)108)103-88(69-37-16-9-17-38-69)63-75(106(4,5)6)64-89(103)70-39-18-10-19-40-70/h7-66H,1-6H3. The lowest BCUT2D eigenvalue weighted by Crippen LogP contribution is -2.61. The van der Waals surface area contributed by atoms with Crippen molar-refractivity contribution in [3.8, 4) is 83.6 Å². The van der Waals surface area contributed by atoms with Crippen LogP contribution in [0.15, 0.2) is 368 Å². The van der Waals surface area contributed by atoms with Gasteiger partial charge < -0.3 is 18.8 Å². The Balaban J connectivity index is 0.976. The topological polar surface area (TPSA) is 24.6 Å². The molecule has 0 aliphatic carbocycles. The molecule has 0 unspecified atom stereocenters. The number of furan rings is 1. The van der Waals surface area contributed by atoms with E-state index in [-0.39, 0.29) is 17.5 Å². The summed E-state index contributed by atoms with van der Waals surface area (Å²) in [5.41, 5.74) is 33.2. The third kappa shape index (κ3) is 10.6. The molecule has 0 fully saturated rings. The molecular formula is C106H78BN3O. The molecule has 0 saturated heterocycles. The summed E-state index contributed by atoms with van der Waals surface area (Å²) in [7, 11) is 0. The Hall–Kier alpha value is -13.5. The number of aromatic nitrogens is 1. The van der Waals surface area contributed by atoms with Gasteiger partial charge in [-0.3, -0.25) is 0 Å². The van der Waals surface area contributed by atoms with Gasteiger partial charge in [0.15, 0.2) is 0 Å². The number of rotatable bonds is 10. The highest BCUT2D eigenvalue weighted by Gasteiger charge is 2.47. The van der Waals surface area contributed by atoms with Crippen LogP contribution < -0.4 is 26.2 Å². The van der Waals surface area contributed by atoms with Crippen LogP contribution in [0.4, 0.5) is 34.1 Å². The molecule has 0 N–H and O–H groups in total. The van der Waals surface area contributed by atoms with Gasteiger partial charge in [0.05, 0.1) is 28.1 Å². The predicted molar refractivity (Wildman–Crippen MR) is 473 cm³/mol. The van der Waals surface area contributed by atoms with E-state index in [1.807, 2.05) is 0 Å². The highest BCUT2D eigenvalue weighted by molar-refractivity contribution is 7.00. The maximum absolute atomic E-state index is 7.06. The van der Waals surface area contributed by atoms with Gasteiger partial charge in [-0.1, -0.05) is 339 Å². The molecule has 2 aliphatic heterocycles. The summed E-state index contributed by atoms with van der Waals surface area (Å²) in [4.78, 5) is 5.44. The van der Waals surface area contributed by atoms with Crippen LogP contribution in [0.3, 0.4) is 0 Å². The molecule has 0 atom stereocenters. The zero-order chi connectivity index (χ0) is 74.4. The molecule has 526 valence electrons. The van der Waals surface area contributed by atoms with E-state index in [0.29, 0.717) is 0 Å². The highest BCUT2D eigenvalue weighted by Crippen LogP contribution is 2.57. The van der Waals surface area contributed by atoms with Gasteiger partial charge in [-0.05, 0) is 177 Å². The van der Waals surface area contributed by atoms with Gasteiger partial charge >= 0.3 is 0 Å². The second-order valence-electron chi connectivity index (χ2n) is 32.2. The Morgan fingerprint density at radius 2 is 0.649 bits per heavy atom. The van der Waals surface area contributed by atoms with Crippen molar-refractivity contribution >= 4 is 123 Å². The number of hydrogen-bond donors (Lipinski definition) is 0. The van der Waals surface area contributed by atoms with Crippen LogP contribution in [-0.4, -0.2) is 11.3 Å². The Labute approximate surface area is 648 Å². The summed E-state index contributed by atoms with van der Waals surface area (Å²) >= 11 is 0. The summed E-state index contributed by atoms with van der Waals surface area (Å²) < 4.78 is 9.61. The van der Waals surface area contributed by atoms with Crippen LogP contribution in [0, 0.1) is 0 Å². The smallest absolute Gasteiger partial charge is 0.252 e. The summed E-state index contributed by atoms with van der Waals surface area (Å²) in [6.45, 7) is 13.8. The summed E-state index contributed by atoms with van der Waals surface area (Å²) in [6.07, 6.45) is 0. The van der Waals surface area contributed by atoms with Gasteiger partial charge in [-0.25, -0.2) is 0 Å². The first-order chi connectivity index (χ1) is 54.4. The minimum atomic E-state index is -0.346. The molecular weight excluding hydrogens is 1340 g/mol. The fourth-order valence-electron chi connectivity index (χ4n) is 18.4. The van der Waals surface area contributed by atoms with Crippen molar-refractivity contribution in [3.05, 3.63) is 375 Å². The molecule has 0 saturated carbocycles. The molecule has 2 aliphatic rings. The zero-order valence-corrected chi connectivity index (χ0v) is 63.0. The predicted octanol–water partition coefficient (Wildman–Crippen LogP) is 27.3. The molecule has 17 aromatic carbocycles. The van der Waals surface area contributed by atoms with Gasteiger partial charge in [0, 0.05) is 72.1 Å². The number of hydrogen-bond acceptors (Lipinski definition) is 3. The van der Waals surface area contributed by atoms with Gasteiger partial charge in [0.25, 0.3) is 6.71 Å². The second kappa shape index (κ2) is 25.6. The first-order valence-corrected chi connectivity index (χ1v) is 38.9. The monoisotopic (exact) mass is 1420 g/mol. The van der Waals surface area contributed by atoms with Gasteiger partial charge in [-0.15, -0.1) is 0 Å². The first kappa shape index (κ1) is 65.8. The minimum Gasteiger partial charge on any atom is -0.455 e. The number of fused-ring (bicyclic) bond motifs is 12. The molecule has 19 aromatic rings. The number of benzene rings is 17. The van der Waals surface area contributed by atoms with E-state index in [1.165, 1.54) is 76.5 Å². The minimum absolute atomic E-state index is 0.223. The Kier molecular flexibility index (Phi) is 15.2. The van der Waals surface area contributed by atoms with Crippen LogP contribution in [0.5, 0.6) is 0 Å². The van der Waals surface area contributed by atoms with Crippen LogP contribution in [-0.2, 0) is 10.8 Å². The van der Waals surface area contributed by atoms with E-state index in [4.69, 9.17) is 4.42 Å². The summed E-state index contributed by atoms with van der Waals surface area (Å²) in [5.74, 6) is 0. The van der Waals surface area contributed by atoms with Crippen LogP contribution in [0.25, 0.3) is 149 Å². The zero-order valence-electron chi connectivity index (χ0n) is 63.0. The van der Waals surface area contributed by atoms with Crippen LogP contribution in [0.2, 0.25) is 0 Å². The van der Waals surface area contributed by atoms with E-state index in [2.05, 4.69) is 420 Å². The van der Waals surface area contributed by atoms with Gasteiger partial charge in [0.1, 0.15) is 11.2 Å². The highest BCUT2D eigenvalue weighted by atomic mass is 16.3. The third-order valence-corrected chi connectivity index (χ3v) is 23.6. The number of para-hydroxylation sites is 4. The molecule has 21 rings (SSSR count). The number of anilines is 6. The lowest BCUT2D eigenvalue weighted by Gasteiger charge is -2.46. The third-order valence-electron chi connectivity index (χ3n) is 23.6. The van der Waals surface area contributed by atoms with E-state index in [9.17, 15) is 0 Å². The van der Waals surface area contributed by atoms with Gasteiger partial charge in [-0.2, -0.15) is 0 Å². The van der Waals surface area contributed by atoms with Crippen molar-refractivity contribution in [1.82, 2.24) is 4.57 Å².